The quantitative estimate of drug-likeness (QED) is 0.838. The molecule has 0 bridgehead atoms. The van der Waals surface area contributed by atoms with Gasteiger partial charge in [-0.15, -0.1) is 0 Å². The Morgan fingerprint density at radius 1 is 1.24 bits per heavy atom. The molecule has 1 aromatic rings. The standard InChI is InChI=1S/C16H20Cl2N2O/c17-14-6-4-5-13(16(14)18)7-8-15(21)19-9-12-20-10-2-1-3-11-20/h4-8H,1-3,9-12H2,(H,19,21). The van der Waals surface area contributed by atoms with Gasteiger partial charge in [0.15, 0.2) is 0 Å². The average Bonchev–Trinajstić information content (AvgIpc) is 2.50. The van der Waals surface area contributed by atoms with Gasteiger partial charge in [0, 0.05) is 19.2 Å². The SMILES string of the molecule is O=C(C=Cc1cccc(Cl)c1Cl)NCCN1CCCCC1. The molecule has 0 aliphatic carbocycles. The normalized spacial score (nSPS) is 16.3. The fourth-order valence-corrected chi connectivity index (χ4v) is 2.76. The Bertz CT molecular complexity index is 511. The zero-order chi connectivity index (χ0) is 15.1. The lowest BCUT2D eigenvalue weighted by atomic mass is 10.1. The Morgan fingerprint density at radius 2 is 2.00 bits per heavy atom. The third-order valence-corrected chi connectivity index (χ3v) is 4.41. The van der Waals surface area contributed by atoms with Crippen LogP contribution >= 0.6 is 23.2 Å². The second-order valence-corrected chi connectivity index (χ2v) is 5.95. The van der Waals surface area contributed by atoms with Gasteiger partial charge < -0.3 is 10.2 Å². The lowest BCUT2D eigenvalue weighted by molar-refractivity contribution is -0.116. The second-order valence-electron chi connectivity index (χ2n) is 5.17. The van der Waals surface area contributed by atoms with E-state index in [1.165, 1.54) is 25.3 Å². The smallest absolute Gasteiger partial charge is 0.244 e. The molecule has 5 heteroatoms. The fraction of sp³-hybridized carbons (Fsp3) is 0.438. The van der Waals surface area contributed by atoms with E-state index in [9.17, 15) is 4.79 Å². The van der Waals surface area contributed by atoms with E-state index in [1.54, 1.807) is 12.1 Å². The van der Waals surface area contributed by atoms with E-state index >= 15 is 0 Å². The molecule has 114 valence electrons. The van der Waals surface area contributed by atoms with Crippen LogP contribution in [0.1, 0.15) is 24.8 Å². The molecule has 21 heavy (non-hydrogen) atoms. The highest BCUT2D eigenvalue weighted by molar-refractivity contribution is 6.42. The number of carbonyl (C=O) groups is 1. The molecule has 1 N–H and O–H groups in total. The van der Waals surface area contributed by atoms with Crippen LogP contribution in [0.3, 0.4) is 0 Å². The lowest BCUT2D eigenvalue weighted by Gasteiger charge is -2.26. The van der Waals surface area contributed by atoms with E-state index < -0.39 is 0 Å². The number of carbonyl (C=O) groups excluding carboxylic acids is 1. The summed E-state index contributed by atoms with van der Waals surface area (Å²) in [4.78, 5) is 14.2. The molecular formula is C16H20Cl2N2O. The van der Waals surface area contributed by atoms with Crippen molar-refractivity contribution in [2.24, 2.45) is 0 Å². The minimum atomic E-state index is -0.108. The zero-order valence-corrected chi connectivity index (χ0v) is 13.5. The predicted molar refractivity (Wildman–Crippen MR) is 88.8 cm³/mol. The van der Waals surface area contributed by atoms with Gasteiger partial charge >= 0.3 is 0 Å². The monoisotopic (exact) mass is 326 g/mol. The molecule has 1 aliphatic rings. The van der Waals surface area contributed by atoms with Gasteiger partial charge in [0.2, 0.25) is 5.91 Å². The van der Waals surface area contributed by atoms with E-state index in [4.69, 9.17) is 23.2 Å². The maximum absolute atomic E-state index is 11.8. The topological polar surface area (TPSA) is 32.3 Å². The van der Waals surface area contributed by atoms with E-state index in [2.05, 4.69) is 10.2 Å². The highest BCUT2D eigenvalue weighted by atomic mass is 35.5. The average molecular weight is 327 g/mol. The molecule has 0 spiro atoms. The van der Waals surface area contributed by atoms with E-state index in [0.717, 1.165) is 25.2 Å². The van der Waals surface area contributed by atoms with Crippen molar-refractivity contribution in [3.05, 3.63) is 39.9 Å². The van der Waals surface area contributed by atoms with Crippen LogP contribution in [0.5, 0.6) is 0 Å². The lowest BCUT2D eigenvalue weighted by Crippen LogP contribution is -2.37. The van der Waals surface area contributed by atoms with Crippen molar-refractivity contribution in [2.45, 2.75) is 19.3 Å². The fourth-order valence-electron chi connectivity index (χ4n) is 2.39. The third-order valence-electron chi connectivity index (χ3n) is 3.57. The van der Waals surface area contributed by atoms with Gasteiger partial charge in [0.25, 0.3) is 0 Å². The summed E-state index contributed by atoms with van der Waals surface area (Å²) in [5, 5.41) is 3.85. The van der Waals surface area contributed by atoms with Gasteiger partial charge in [-0.25, -0.2) is 0 Å². The first-order chi connectivity index (χ1) is 10.2. The summed E-state index contributed by atoms with van der Waals surface area (Å²) >= 11 is 12.0. The molecule has 1 amide bonds. The Morgan fingerprint density at radius 3 is 2.76 bits per heavy atom. The third kappa shape index (κ3) is 5.34. The van der Waals surface area contributed by atoms with E-state index in [1.807, 2.05) is 12.1 Å². The second kappa shape index (κ2) is 8.42. The summed E-state index contributed by atoms with van der Waals surface area (Å²) < 4.78 is 0. The number of amides is 1. The summed E-state index contributed by atoms with van der Waals surface area (Å²) in [6.07, 6.45) is 7.03. The van der Waals surface area contributed by atoms with E-state index in [0.29, 0.717) is 16.6 Å². The molecule has 0 aromatic heterocycles. The van der Waals surface area contributed by atoms with Crippen LogP contribution in [-0.2, 0) is 4.79 Å². The van der Waals surface area contributed by atoms with Gasteiger partial charge in [-0.1, -0.05) is 41.8 Å². The summed E-state index contributed by atoms with van der Waals surface area (Å²) in [5.41, 5.74) is 0.746. The maximum Gasteiger partial charge on any atom is 0.244 e. The van der Waals surface area contributed by atoms with Gasteiger partial charge in [-0.2, -0.15) is 0 Å². The summed E-state index contributed by atoms with van der Waals surface area (Å²) in [5.74, 6) is -0.108. The molecule has 0 saturated carbocycles. The predicted octanol–water partition coefficient (Wildman–Crippen LogP) is 3.61. The van der Waals surface area contributed by atoms with E-state index in [-0.39, 0.29) is 5.91 Å². The number of hydrogen-bond donors (Lipinski definition) is 1. The number of rotatable bonds is 5. The molecule has 0 atom stereocenters. The van der Waals surface area contributed by atoms with Crippen LogP contribution in [0.4, 0.5) is 0 Å². The van der Waals surface area contributed by atoms with Crippen molar-refractivity contribution < 1.29 is 4.79 Å². The van der Waals surface area contributed by atoms with Crippen molar-refractivity contribution >= 4 is 35.2 Å². The number of nitrogens with one attached hydrogen (secondary N) is 1. The molecule has 1 heterocycles. The Hall–Kier alpha value is -1.03. The highest BCUT2D eigenvalue weighted by Gasteiger charge is 2.09. The van der Waals surface area contributed by atoms with Crippen molar-refractivity contribution in [2.75, 3.05) is 26.2 Å². The molecule has 0 unspecified atom stereocenters. The number of halogens is 2. The molecule has 2 rings (SSSR count). The summed E-state index contributed by atoms with van der Waals surface area (Å²) in [6.45, 7) is 3.87. The molecule has 0 radical (unpaired) electrons. The zero-order valence-electron chi connectivity index (χ0n) is 11.9. The Kier molecular flexibility index (Phi) is 6.55. The molecule has 3 nitrogen and oxygen atoms in total. The van der Waals surface area contributed by atoms with Gasteiger partial charge in [-0.05, 0) is 43.6 Å². The van der Waals surface area contributed by atoms with Crippen molar-refractivity contribution in [1.29, 1.82) is 0 Å². The molecule has 1 fully saturated rings. The minimum absolute atomic E-state index is 0.108. The van der Waals surface area contributed by atoms with Crippen LogP contribution in [0.2, 0.25) is 10.0 Å². The van der Waals surface area contributed by atoms with Crippen molar-refractivity contribution in [3.8, 4) is 0 Å². The van der Waals surface area contributed by atoms with Gasteiger partial charge in [0.05, 0.1) is 10.0 Å². The number of likely N-dealkylation sites (tertiary alicyclic amines) is 1. The van der Waals surface area contributed by atoms with Gasteiger partial charge in [-0.3, -0.25) is 4.79 Å². The summed E-state index contributed by atoms with van der Waals surface area (Å²) in [7, 11) is 0. The van der Waals surface area contributed by atoms with Crippen LogP contribution < -0.4 is 5.32 Å². The number of benzene rings is 1. The number of nitrogens with zero attached hydrogens (tertiary/aromatic N) is 1. The molecule has 1 saturated heterocycles. The van der Waals surface area contributed by atoms with Crippen LogP contribution in [0.15, 0.2) is 24.3 Å². The Balaban J connectivity index is 1.76. The van der Waals surface area contributed by atoms with Crippen molar-refractivity contribution in [1.82, 2.24) is 10.2 Å². The molecule has 1 aromatic carbocycles. The van der Waals surface area contributed by atoms with Crippen LogP contribution in [0, 0.1) is 0 Å². The van der Waals surface area contributed by atoms with Gasteiger partial charge in [0.1, 0.15) is 0 Å². The summed E-state index contributed by atoms with van der Waals surface area (Å²) in [6, 6.07) is 5.35. The maximum atomic E-state index is 11.8. The molecular weight excluding hydrogens is 307 g/mol. The first-order valence-corrected chi connectivity index (χ1v) is 8.04. The van der Waals surface area contributed by atoms with Crippen molar-refractivity contribution in [3.63, 3.8) is 0 Å². The number of piperidine rings is 1. The highest BCUT2D eigenvalue weighted by Crippen LogP contribution is 2.26. The largest absolute Gasteiger partial charge is 0.351 e. The first kappa shape index (κ1) is 16.3. The first-order valence-electron chi connectivity index (χ1n) is 7.29. The minimum Gasteiger partial charge on any atom is -0.351 e. The molecule has 1 aliphatic heterocycles. The number of hydrogen-bond acceptors (Lipinski definition) is 2. The van der Waals surface area contributed by atoms with Crippen LogP contribution in [0.25, 0.3) is 6.08 Å². The Labute approximate surface area is 135 Å². The van der Waals surface area contributed by atoms with Crippen LogP contribution in [-0.4, -0.2) is 37.0 Å².